The van der Waals surface area contributed by atoms with Crippen LogP contribution in [-0.2, 0) is 17.6 Å². The van der Waals surface area contributed by atoms with Gasteiger partial charge in [0.05, 0.1) is 10.6 Å². The van der Waals surface area contributed by atoms with Crippen molar-refractivity contribution >= 4 is 51.4 Å². The monoisotopic (exact) mass is 412 g/mol. The normalized spacial score (nSPS) is 14.4. The summed E-state index contributed by atoms with van der Waals surface area (Å²) in [6.45, 7) is 1.61. The second-order valence-electron chi connectivity index (χ2n) is 6.10. The van der Waals surface area contributed by atoms with Crippen LogP contribution in [0.1, 0.15) is 40.6 Å². The van der Waals surface area contributed by atoms with Gasteiger partial charge in [-0.2, -0.15) is 0 Å². The molecule has 3 N–H and O–H groups in total. The molecule has 8 heteroatoms. The number of primary amides is 1. The molecule has 1 aromatic heterocycles. The van der Waals surface area contributed by atoms with E-state index in [-0.39, 0.29) is 5.91 Å². The SMILES string of the molecule is CC(Oc1ccc(Cl)cc1Cl)C(=O)Nc1sc2c(c1C(N)=O)CCCC2. The zero-order valence-corrected chi connectivity index (χ0v) is 16.4. The lowest BCUT2D eigenvalue weighted by molar-refractivity contribution is -0.122. The molecule has 138 valence electrons. The number of anilines is 1. The average Bonchev–Trinajstić information content (AvgIpc) is 2.95. The van der Waals surface area contributed by atoms with Gasteiger partial charge in [0, 0.05) is 9.90 Å². The van der Waals surface area contributed by atoms with Gasteiger partial charge in [-0.15, -0.1) is 11.3 Å². The van der Waals surface area contributed by atoms with Gasteiger partial charge >= 0.3 is 0 Å². The minimum atomic E-state index is -0.812. The molecule has 5 nitrogen and oxygen atoms in total. The maximum absolute atomic E-state index is 12.5. The molecule has 26 heavy (non-hydrogen) atoms. The van der Waals surface area contributed by atoms with E-state index in [0.29, 0.717) is 26.4 Å². The summed E-state index contributed by atoms with van der Waals surface area (Å²) in [5.74, 6) is -0.537. The van der Waals surface area contributed by atoms with Crippen molar-refractivity contribution < 1.29 is 14.3 Å². The van der Waals surface area contributed by atoms with E-state index < -0.39 is 12.0 Å². The Balaban J connectivity index is 1.77. The first-order chi connectivity index (χ1) is 12.4. The second kappa shape index (κ2) is 7.86. The van der Waals surface area contributed by atoms with Gasteiger partial charge in [0.2, 0.25) is 0 Å². The summed E-state index contributed by atoms with van der Waals surface area (Å²) in [6, 6.07) is 4.78. The molecule has 1 aromatic carbocycles. The largest absolute Gasteiger partial charge is 0.479 e. The van der Waals surface area contributed by atoms with Crippen LogP contribution >= 0.6 is 34.5 Å². The number of rotatable bonds is 5. The van der Waals surface area contributed by atoms with Crippen molar-refractivity contribution in [3.8, 4) is 5.75 Å². The lowest BCUT2D eigenvalue weighted by atomic mass is 9.95. The fourth-order valence-electron chi connectivity index (χ4n) is 2.94. The first-order valence-corrected chi connectivity index (χ1v) is 9.81. The summed E-state index contributed by atoms with van der Waals surface area (Å²) >= 11 is 13.3. The Bertz CT molecular complexity index is 866. The Morgan fingerprint density at radius 3 is 2.69 bits per heavy atom. The van der Waals surface area contributed by atoms with Crippen LogP contribution in [0.4, 0.5) is 5.00 Å². The first-order valence-electron chi connectivity index (χ1n) is 8.23. The van der Waals surface area contributed by atoms with E-state index in [1.807, 2.05) is 0 Å². The van der Waals surface area contributed by atoms with Crippen LogP contribution in [0.25, 0.3) is 0 Å². The quantitative estimate of drug-likeness (QED) is 0.761. The van der Waals surface area contributed by atoms with Crippen molar-refractivity contribution in [2.24, 2.45) is 5.73 Å². The van der Waals surface area contributed by atoms with Crippen LogP contribution in [-0.4, -0.2) is 17.9 Å². The van der Waals surface area contributed by atoms with E-state index in [1.54, 1.807) is 25.1 Å². The van der Waals surface area contributed by atoms with Crippen LogP contribution in [0.3, 0.4) is 0 Å². The average molecular weight is 413 g/mol. The summed E-state index contributed by atoms with van der Waals surface area (Å²) in [4.78, 5) is 25.5. The molecule has 1 heterocycles. The number of nitrogens with one attached hydrogen (secondary N) is 1. The highest BCUT2D eigenvalue weighted by Crippen LogP contribution is 2.38. The molecule has 1 aliphatic rings. The Labute approximate surface area is 165 Å². The molecule has 1 unspecified atom stereocenters. The number of hydrogen-bond acceptors (Lipinski definition) is 4. The van der Waals surface area contributed by atoms with E-state index in [1.165, 1.54) is 11.3 Å². The van der Waals surface area contributed by atoms with E-state index in [4.69, 9.17) is 33.7 Å². The summed E-state index contributed by atoms with van der Waals surface area (Å²) in [6.07, 6.45) is 3.00. The van der Waals surface area contributed by atoms with Crippen molar-refractivity contribution in [2.45, 2.75) is 38.7 Å². The van der Waals surface area contributed by atoms with E-state index >= 15 is 0 Å². The van der Waals surface area contributed by atoms with Gasteiger partial charge in [0.15, 0.2) is 6.10 Å². The molecule has 0 saturated carbocycles. The highest BCUT2D eigenvalue weighted by molar-refractivity contribution is 7.17. The third kappa shape index (κ3) is 3.98. The zero-order chi connectivity index (χ0) is 18.8. The van der Waals surface area contributed by atoms with E-state index in [0.717, 1.165) is 36.1 Å². The number of halogens is 2. The maximum atomic E-state index is 12.5. The summed E-state index contributed by atoms with van der Waals surface area (Å²) in [7, 11) is 0. The van der Waals surface area contributed by atoms with Crippen LogP contribution in [0.5, 0.6) is 5.75 Å². The number of benzene rings is 1. The molecule has 0 radical (unpaired) electrons. The number of amides is 2. The number of carbonyl (C=O) groups excluding carboxylic acids is 2. The van der Waals surface area contributed by atoms with Crippen LogP contribution < -0.4 is 15.8 Å². The topological polar surface area (TPSA) is 81.4 Å². The molecule has 2 amide bonds. The zero-order valence-electron chi connectivity index (χ0n) is 14.1. The smallest absolute Gasteiger partial charge is 0.265 e. The number of nitrogens with two attached hydrogens (primary N) is 1. The van der Waals surface area contributed by atoms with Crippen molar-refractivity contribution in [1.82, 2.24) is 0 Å². The Kier molecular flexibility index (Phi) is 5.75. The lowest BCUT2D eigenvalue weighted by Gasteiger charge is -2.15. The lowest BCUT2D eigenvalue weighted by Crippen LogP contribution is -2.30. The number of carbonyl (C=O) groups is 2. The highest BCUT2D eigenvalue weighted by Gasteiger charge is 2.26. The maximum Gasteiger partial charge on any atom is 0.265 e. The second-order valence-corrected chi connectivity index (χ2v) is 8.05. The fraction of sp³-hybridized carbons (Fsp3) is 0.333. The van der Waals surface area contributed by atoms with Gasteiger partial charge in [0.25, 0.3) is 11.8 Å². The number of fused-ring (bicyclic) bond motifs is 1. The first kappa shape index (κ1) is 19.0. The molecular formula is C18H18Cl2N2O3S. The van der Waals surface area contributed by atoms with Gasteiger partial charge < -0.3 is 15.8 Å². The van der Waals surface area contributed by atoms with Crippen LogP contribution in [0.2, 0.25) is 10.0 Å². The predicted octanol–water partition coefficient (Wildman–Crippen LogP) is 4.44. The van der Waals surface area contributed by atoms with Crippen molar-refractivity contribution in [1.29, 1.82) is 0 Å². The molecule has 0 saturated heterocycles. The Morgan fingerprint density at radius 1 is 1.27 bits per heavy atom. The van der Waals surface area contributed by atoms with Gasteiger partial charge in [-0.1, -0.05) is 23.2 Å². The van der Waals surface area contributed by atoms with Gasteiger partial charge in [0.1, 0.15) is 10.8 Å². The van der Waals surface area contributed by atoms with Crippen molar-refractivity contribution in [3.63, 3.8) is 0 Å². The fourth-order valence-corrected chi connectivity index (χ4v) is 4.69. The number of thiophene rings is 1. The number of ether oxygens (including phenoxy) is 1. The minimum absolute atomic E-state index is 0.321. The minimum Gasteiger partial charge on any atom is -0.479 e. The van der Waals surface area contributed by atoms with Crippen molar-refractivity contribution in [3.05, 3.63) is 44.2 Å². The predicted molar refractivity (Wildman–Crippen MR) is 105 cm³/mol. The Morgan fingerprint density at radius 2 is 2.00 bits per heavy atom. The molecule has 2 aromatic rings. The third-order valence-electron chi connectivity index (χ3n) is 4.22. The summed E-state index contributed by atoms with van der Waals surface area (Å²) in [5, 5.41) is 4.08. The Hall–Kier alpha value is -1.76. The molecule has 0 aliphatic heterocycles. The molecule has 1 atom stereocenters. The highest BCUT2D eigenvalue weighted by atomic mass is 35.5. The van der Waals surface area contributed by atoms with Gasteiger partial charge in [-0.25, -0.2) is 0 Å². The van der Waals surface area contributed by atoms with E-state index in [2.05, 4.69) is 5.32 Å². The molecular weight excluding hydrogens is 395 g/mol. The molecule has 0 spiro atoms. The van der Waals surface area contributed by atoms with Gasteiger partial charge in [-0.3, -0.25) is 9.59 Å². The molecule has 1 aliphatic carbocycles. The van der Waals surface area contributed by atoms with Gasteiger partial charge in [-0.05, 0) is 56.4 Å². The standard InChI is InChI=1S/C18H18Cl2N2O3S/c1-9(25-13-7-6-10(19)8-12(13)20)17(24)22-18-15(16(21)23)11-4-2-3-5-14(11)26-18/h6-9H,2-5H2,1H3,(H2,21,23)(H,22,24). The molecule has 0 fully saturated rings. The third-order valence-corrected chi connectivity index (χ3v) is 5.96. The summed E-state index contributed by atoms with van der Waals surface area (Å²) in [5.41, 5.74) is 6.94. The van der Waals surface area contributed by atoms with Crippen LogP contribution in [0.15, 0.2) is 18.2 Å². The molecule has 3 rings (SSSR count). The number of aryl methyl sites for hydroxylation is 1. The van der Waals surface area contributed by atoms with E-state index in [9.17, 15) is 9.59 Å². The van der Waals surface area contributed by atoms with Crippen LogP contribution in [0, 0.1) is 0 Å². The van der Waals surface area contributed by atoms with Crippen molar-refractivity contribution in [2.75, 3.05) is 5.32 Å². The number of hydrogen-bond donors (Lipinski definition) is 2. The summed E-state index contributed by atoms with van der Waals surface area (Å²) < 4.78 is 5.62. The molecule has 0 bridgehead atoms.